The molecule has 2 aromatic carbocycles. The van der Waals surface area contributed by atoms with Crippen LogP contribution in [-0.2, 0) is 11.3 Å². The van der Waals surface area contributed by atoms with Crippen molar-refractivity contribution in [2.45, 2.75) is 26.3 Å². The first-order chi connectivity index (χ1) is 11.9. The van der Waals surface area contributed by atoms with Gasteiger partial charge >= 0.3 is 0 Å². The standard InChI is InChI=1S/C21H26N2O2/c1-16-5-9-18(10-6-16)20(24)13-14-21(25)23(4)15-17-7-11-19(12-8-17)22(2)3/h5-12H,13-15H2,1-4H3. The smallest absolute Gasteiger partial charge is 0.223 e. The Bertz CT molecular complexity index is 719. The SMILES string of the molecule is Cc1ccc(C(=O)CCC(=O)N(C)Cc2ccc(N(C)C)cc2)cc1. The molecule has 2 rings (SSSR count). The Morgan fingerprint density at radius 2 is 1.44 bits per heavy atom. The summed E-state index contributed by atoms with van der Waals surface area (Å²) in [6.45, 7) is 2.53. The number of aryl methyl sites for hydroxylation is 1. The zero-order valence-electron chi connectivity index (χ0n) is 15.5. The van der Waals surface area contributed by atoms with Crippen LogP contribution in [0.5, 0.6) is 0 Å². The Balaban J connectivity index is 1.85. The highest BCUT2D eigenvalue weighted by Gasteiger charge is 2.13. The van der Waals surface area contributed by atoms with Crippen molar-refractivity contribution in [2.24, 2.45) is 0 Å². The molecule has 0 unspecified atom stereocenters. The number of carbonyl (C=O) groups excluding carboxylic acids is 2. The van der Waals surface area contributed by atoms with Crippen molar-refractivity contribution in [2.75, 3.05) is 26.0 Å². The summed E-state index contributed by atoms with van der Waals surface area (Å²) in [4.78, 5) is 28.2. The molecule has 0 radical (unpaired) electrons. The Morgan fingerprint density at radius 1 is 0.840 bits per heavy atom. The molecule has 0 N–H and O–H groups in total. The zero-order chi connectivity index (χ0) is 18.4. The molecule has 0 aliphatic carbocycles. The van der Waals surface area contributed by atoms with Gasteiger partial charge < -0.3 is 9.80 Å². The summed E-state index contributed by atoms with van der Waals surface area (Å²) in [5, 5.41) is 0. The van der Waals surface area contributed by atoms with E-state index in [1.54, 1.807) is 11.9 Å². The average molecular weight is 338 g/mol. The monoisotopic (exact) mass is 338 g/mol. The van der Waals surface area contributed by atoms with Crippen LogP contribution in [0.1, 0.15) is 34.3 Å². The second kappa shape index (κ2) is 8.47. The maximum Gasteiger partial charge on any atom is 0.223 e. The molecule has 4 heteroatoms. The topological polar surface area (TPSA) is 40.6 Å². The van der Waals surface area contributed by atoms with Gasteiger partial charge in [-0.3, -0.25) is 9.59 Å². The quantitative estimate of drug-likeness (QED) is 0.723. The van der Waals surface area contributed by atoms with E-state index in [4.69, 9.17) is 0 Å². The van der Waals surface area contributed by atoms with Gasteiger partial charge in [-0.2, -0.15) is 0 Å². The molecule has 0 aliphatic heterocycles. The van der Waals surface area contributed by atoms with Gasteiger partial charge in [-0.15, -0.1) is 0 Å². The van der Waals surface area contributed by atoms with E-state index in [1.165, 1.54) is 0 Å². The van der Waals surface area contributed by atoms with Gasteiger partial charge in [0.15, 0.2) is 5.78 Å². The second-order valence-electron chi connectivity index (χ2n) is 6.60. The third kappa shape index (κ3) is 5.45. The summed E-state index contributed by atoms with van der Waals surface area (Å²) in [7, 11) is 5.77. The highest BCUT2D eigenvalue weighted by molar-refractivity contribution is 5.97. The molecule has 0 spiro atoms. The van der Waals surface area contributed by atoms with Crippen LogP contribution in [0.3, 0.4) is 0 Å². The molecule has 4 nitrogen and oxygen atoms in total. The maximum absolute atomic E-state index is 12.3. The fourth-order valence-electron chi connectivity index (χ4n) is 2.56. The number of nitrogens with zero attached hydrogens (tertiary/aromatic N) is 2. The third-order valence-corrected chi connectivity index (χ3v) is 4.24. The molecular formula is C21H26N2O2. The van der Waals surface area contributed by atoms with E-state index >= 15 is 0 Å². The van der Waals surface area contributed by atoms with Crippen molar-refractivity contribution in [3.63, 3.8) is 0 Å². The largest absolute Gasteiger partial charge is 0.378 e. The minimum absolute atomic E-state index is 0.0112. The first-order valence-electron chi connectivity index (χ1n) is 8.47. The lowest BCUT2D eigenvalue weighted by Crippen LogP contribution is -2.26. The van der Waals surface area contributed by atoms with Gasteiger partial charge in [0.05, 0.1) is 0 Å². The molecule has 132 valence electrons. The lowest BCUT2D eigenvalue weighted by Gasteiger charge is -2.18. The highest BCUT2D eigenvalue weighted by atomic mass is 16.2. The van der Waals surface area contributed by atoms with E-state index < -0.39 is 0 Å². The Morgan fingerprint density at radius 3 is 2.00 bits per heavy atom. The van der Waals surface area contributed by atoms with Crippen molar-refractivity contribution in [3.05, 3.63) is 65.2 Å². The van der Waals surface area contributed by atoms with E-state index in [-0.39, 0.29) is 24.5 Å². The number of amides is 1. The van der Waals surface area contributed by atoms with E-state index in [0.717, 1.165) is 16.8 Å². The number of ketones is 1. The van der Waals surface area contributed by atoms with Crippen molar-refractivity contribution in [3.8, 4) is 0 Å². The summed E-state index contributed by atoms with van der Waals surface area (Å²) in [5.74, 6) is -0.00534. The predicted molar refractivity (Wildman–Crippen MR) is 102 cm³/mol. The van der Waals surface area contributed by atoms with E-state index in [0.29, 0.717) is 12.1 Å². The van der Waals surface area contributed by atoms with Gasteiger partial charge in [0, 0.05) is 51.8 Å². The number of benzene rings is 2. The molecular weight excluding hydrogens is 312 g/mol. The molecule has 0 aromatic heterocycles. The van der Waals surface area contributed by atoms with Gasteiger partial charge in [0.2, 0.25) is 5.91 Å². The van der Waals surface area contributed by atoms with Crippen LogP contribution in [0.25, 0.3) is 0 Å². The van der Waals surface area contributed by atoms with Gasteiger partial charge in [-0.1, -0.05) is 42.0 Å². The van der Waals surface area contributed by atoms with Crippen LogP contribution in [0.2, 0.25) is 0 Å². The number of hydrogen-bond donors (Lipinski definition) is 0. The zero-order valence-corrected chi connectivity index (χ0v) is 15.5. The van der Waals surface area contributed by atoms with Crippen molar-refractivity contribution >= 4 is 17.4 Å². The lowest BCUT2D eigenvalue weighted by atomic mass is 10.0. The van der Waals surface area contributed by atoms with Crippen LogP contribution in [0, 0.1) is 6.92 Å². The Kier molecular flexibility index (Phi) is 6.34. The molecule has 0 atom stereocenters. The summed E-state index contributed by atoms with van der Waals surface area (Å²) in [6.07, 6.45) is 0.477. The number of rotatable bonds is 7. The number of hydrogen-bond acceptors (Lipinski definition) is 3. The van der Waals surface area contributed by atoms with E-state index in [2.05, 4.69) is 0 Å². The Labute approximate surface area is 150 Å². The van der Waals surface area contributed by atoms with Gasteiger partial charge in [0.25, 0.3) is 0 Å². The Hall–Kier alpha value is -2.62. The number of carbonyl (C=O) groups is 2. The minimum atomic E-state index is -0.0165. The maximum atomic E-state index is 12.3. The average Bonchev–Trinajstić information content (AvgIpc) is 2.60. The van der Waals surface area contributed by atoms with E-state index in [1.807, 2.05) is 74.4 Å². The van der Waals surface area contributed by atoms with Crippen LogP contribution in [-0.4, -0.2) is 37.7 Å². The molecule has 0 heterocycles. The summed E-state index contributed by atoms with van der Waals surface area (Å²) >= 11 is 0. The molecule has 25 heavy (non-hydrogen) atoms. The predicted octanol–water partition coefficient (Wildman–Crippen LogP) is 3.68. The summed E-state index contributed by atoms with van der Waals surface area (Å²) in [6, 6.07) is 15.6. The number of Topliss-reactive ketones (excluding diaryl/α,β-unsaturated/α-hetero) is 1. The molecule has 2 aromatic rings. The normalized spacial score (nSPS) is 10.4. The molecule has 0 saturated carbocycles. The summed E-state index contributed by atoms with van der Waals surface area (Å²) < 4.78 is 0. The van der Waals surface area contributed by atoms with Gasteiger partial charge in [-0.25, -0.2) is 0 Å². The summed E-state index contributed by atoms with van der Waals surface area (Å²) in [5.41, 5.74) is 3.99. The second-order valence-corrected chi connectivity index (χ2v) is 6.60. The lowest BCUT2D eigenvalue weighted by molar-refractivity contribution is -0.130. The molecule has 1 amide bonds. The van der Waals surface area contributed by atoms with Crippen LogP contribution < -0.4 is 4.90 Å². The number of anilines is 1. The fourth-order valence-corrected chi connectivity index (χ4v) is 2.56. The molecule has 0 saturated heterocycles. The van der Waals surface area contributed by atoms with E-state index in [9.17, 15) is 9.59 Å². The fraction of sp³-hybridized carbons (Fsp3) is 0.333. The van der Waals surface area contributed by atoms with Crippen molar-refractivity contribution in [1.29, 1.82) is 0 Å². The third-order valence-electron chi connectivity index (χ3n) is 4.24. The molecule has 0 bridgehead atoms. The van der Waals surface area contributed by atoms with Crippen LogP contribution >= 0.6 is 0 Å². The minimum Gasteiger partial charge on any atom is -0.378 e. The highest BCUT2D eigenvalue weighted by Crippen LogP contribution is 2.14. The van der Waals surface area contributed by atoms with Crippen molar-refractivity contribution in [1.82, 2.24) is 4.90 Å². The molecule has 0 aliphatic rings. The first kappa shape index (κ1) is 18.7. The van der Waals surface area contributed by atoms with Crippen LogP contribution in [0.4, 0.5) is 5.69 Å². The van der Waals surface area contributed by atoms with Crippen molar-refractivity contribution < 1.29 is 9.59 Å². The molecule has 0 fully saturated rings. The van der Waals surface area contributed by atoms with Gasteiger partial charge in [-0.05, 0) is 24.6 Å². The van der Waals surface area contributed by atoms with Gasteiger partial charge in [0.1, 0.15) is 0 Å². The first-order valence-corrected chi connectivity index (χ1v) is 8.47. The van der Waals surface area contributed by atoms with Crippen LogP contribution in [0.15, 0.2) is 48.5 Å².